The summed E-state index contributed by atoms with van der Waals surface area (Å²) < 4.78 is 13.8. The standard InChI is InChI=1S/C15H21FN2O/c1-11-5-6-14(16)13(8-11)15(19)18-7-3-4-12(10-18)9-17-2/h5-6,8,12,17H,3-4,7,9-10H2,1-2H3. The highest BCUT2D eigenvalue weighted by molar-refractivity contribution is 5.94. The van der Waals surface area contributed by atoms with Crippen molar-refractivity contribution in [2.75, 3.05) is 26.7 Å². The van der Waals surface area contributed by atoms with Gasteiger partial charge in [-0.3, -0.25) is 4.79 Å². The van der Waals surface area contributed by atoms with Gasteiger partial charge in [-0.1, -0.05) is 11.6 Å². The number of benzene rings is 1. The van der Waals surface area contributed by atoms with Crippen LogP contribution in [0.5, 0.6) is 0 Å². The summed E-state index contributed by atoms with van der Waals surface area (Å²) in [5.41, 5.74) is 1.11. The van der Waals surface area contributed by atoms with Gasteiger partial charge in [-0.25, -0.2) is 4.39 Å². The van der Waals surface area contributed by atoms with Crippen LogP contribution in [-0.2, 0) is 0 Å². The van der Waals surface area contributed by atoms with Crippen LogP contribution in [-0.4, -0.2) is 37.5 Å². The molecule has 1 atom stereocenters. The molecule has 19 heavy (non-hydrogen) atoms. The molecule has 0 radical (unpaired) electrons. The molecule has 0 saturated carbocycles. The SMILES string of the molecule is CNCC1CCCN(C(=O)c2cc(C)ccc2F)C1. The monoisotopic (exact) mass is 264 g/mol. The van der Waals surface area contributed by atoms with E-state index in [-0.39, 0.29) is 11.5 Å². The molecule has 0 bridgehead atoms. The van der Waals surface area contributed by atoms with Crippen molar-refractivity contribution >= 4 is 5.91 Å². The van der Waals surface area contributed by atoms with E-state index in [1.54, 1.807) is 17.0 Å². The fourth-order valence-corrected chi connectivity index (χ4v) is 2.68. The van der Waals surface area contributed by atoms with Crippen molar-refractivity contribution in [3.63, 3.8) is 0 Å². The molecule has 3 nitrogen and oxygen atoms in total. The third-order valence-electron chi connectivity index (χ3n) is 3.65. The number of rotatable bonds is 3. The summed E-state index contributed by atoms with van der Waals surface area (Å²) in [5.74, 6) is -0.135. The normalized spacial score (nSPS) is 19.5. The van der Waals surface area contributed by atoms with Crippen molar-refractivity contribution < 1.29 is 9.18 Å². The van der Waals surface area contributed by atoms with Crippen molar-refractivity contribution in [3.8, 4) is 0 Å². The van der Waals surface area contributed by atoms with E-state index in [0.717, 1.165) is 31.5 Å². The van der Waals surface area contributed by atoms with Gasteiger partial charge in [0, 0.05) is 13.1 Å². The molecule has 2 rings (SSSR count). The van der Waals surface area contributed by atoms with Gasteiger partial charge in [0.05, 0.1) is 5.56 Å². The Labute approximate surface area is 113 Å². The minimum Gasteiger partial charge on any atom is -0.338 e. The highest BCUT2D eigenvalue weighted by Crippen LogP contribution is 2.20. The second kappa shape index (κ2) is 6.15. The van der Waals surface area contributed by atoms with Gasteiger partial charge in [-0.15, -0.1) is 0 Å². The number of nitrogens with one attached hydrogen (secondary N) is 1. The summed E-state index contributed by atoms with van der Waals surface area (Å²) in [6, 6.07) is 4.70. The van der Waals surface area contributed by atoms with Gasteiger partial charge in [0.15, 0.2) is 0 Å². The number of carbonyl (C=O) groups excluding carboxylic acids is 1. The molecule has 1 N–H and O–H groups in total. The third kappa shape index (κ3) is 3.32. The van der Waals surface area contributed by atoms with Crippen LogP contribution in [0.25, 0.3) is 0 Å². The van der Waals surface area contributed by atoms with Gasteiger partial charge >= 0.3 is 0 Å². The zero-order chi connectivity index (χ0) is 13.8. The molecular weight excluding hydrogens is 243 g/mol. The van der Waals surface area contributed by atoms with Crippen LogP contribution >= 0.6 is 0 Å². The molecule has 1 aromatic carbocycles. The van der Waals surface area contributed by atoms with Gasteiger partial charge < -0.3 is 10.2 Å². The van der Waals surface area contributed by atoms with E-state index in [0.29, 0.717) is 12.5 Å². The molecule has 1 aliphatic heterocycles. The predicted octanol–water partition coefficient (Wildman–Crippen LogP) is 2.21. The second-order valence-corrected chi connectivity index (χ2v) is 5.30. The van der Waals surface area contributed by atoms with Gasteiger partial charge in [-0.2, -0.15) is 0 Å². The van der Waals surface area contributed by atoms with Crippen LogP contribution in [0.4, 0.5) is 4.39 Å². The fraction of sp³-hybridized carbons (Fsp3) is 0.533. The zero-order valence-electron chi connectivity index (χ0n) is 11.6. The van der Waals surface area contributed by atoms with Crippen LogP contribution in [0.1, 0.15) is 28.8 Å². The average molecular weight is 264 g/mol. The number of piperidine rings is 1. The summed E-state index contributed by atoms with van der Waals surface area (Å²) in [6.07, 6.45) is 2.12. The molecule has 0 aromatic heterocycles. The number of amides is 1. The van der Waals surface area contributed by atoms with E-state index < -0.39 is 5.82 Å². The molecule has 1 heterocycles. The van der Waals surface area contributed by atoms with Crippen molar-refractivity contribution in [1.29, 1.82) is 0 Å². The lowest BCUT2D eigenvalue weighted by atomic mass is 9.97. The fourth-order valence-electron chi connectivity index (χ4n) is 2.68. The van der Waals surface area contributed by atoms with Crippen LogP contribution in [0.2, 0.25) is 0 Å². The molecule has 1 aromatic rings. The van der Waals surface area contributed by atoms with E-state index in [2.05, 4.69) is 5.32 Å². The molecule has 0 aliphatic carbocycles. The first-order valence-electron chi connectivity index (χ1n) is 6.82. The Bertz CT molecular complexity index is 459. The van der Waals surface area contributed by atoms with E-state index in [1.165, 1.54) is 6.07 Å². The third-order valence-corrected chi connectivity index (χ3v) is 3.65. The van der Waals surface area contributed by atoms with Crippen molar-refractivity contribution in [2.45, 2.75) is 19.8 Å². The highest BCUT2D eigenvalue weighted by atomic mass is 19.1. The van der Waals surface area contributed by atoms with Crippen LogP contribution in [0, 0.1) is 18.7 Å². The van der Waals surface area contributed by atoms with Crippen LogP contribution in [0.15, 0.2) is 18.2 Å². The van der Waals surface area contributed by atoms with Crippen LogP contribution < -0.4 is 5.32 Å². The number of hydrogen-bond acceptors (Lipinski definition) is 2. The molecule has 1 fully saturated rings. The number of hydrogen-bond donors (Lipinski definition) is 1. The zero-order valence-corrected chi connectivity index (χ0v) is 11.6. The smallest absolute Gasteiger partial charge is 0.256 e. The first-order chi connectivity index (χ1) is 9.11. The Hall–Kier alpha value is -1.42. The van der Waals surface area contributed by atoms with E-state index >= 15 is 0 Å². The number of halogens is 1. The van der Waals surface area contributed by atoms with Crippen molar-refractivity contribution in [3.05, 3.63) is 35.1 Å². The number of carbonyl (C=O) groups is 1. The Balaban J connectivity index is 2.12. The summed E-state index contributed by atoms with van der Waals surface area (Å²) in [7, 11) is 1.92. The largest absolute Gasteiger partial charge is 0.338 e. The lowest BCUT2D eigenvalue weighted by Gasteiger charge is -2.32. The maximum absolute atomic E-state index is 13.8. The van der Waals surface area contributed by atoms with E-state index in [1.807, 2.05) is 14.0 Å². The lowest BCUT2D eigenvalue weighted by molar-refractivity contribution is 0.0669. The second-order valence-electron chi connectivity index (χ2n) is 5.30. The Kier molecular flexibility index (Phi) is 4.53. The van der Waals surface area contributed by atoms with Crippen molar-refractivity contribution in [1.82, 2.24) is 10.2 Å². The first kappa shape index (κ1) is 14.0. The minimum absolute atomic E-state index is 0.179. The topological polar surface area (TPSA) is 32.3 Å². The van der Waals surface area contributed by atoms with Crippen molar-refractivity contribution in [2.24, 2.45) is 5.92 Å². The summed E-state index contributed by atoms with van der Waals surface area (Å²) in [4.78, 5) is 14.2. The summed E-state index contributed by atoms with van der Waals surface area (Å²) >= 11 is 0. The quantitative estimate of drug-likeness (QED) is 0.907. The Morgan fingerprint density at radius 1 is 1.53 bits per heavy atom. The van der Waals surface area contributed by atoms with Crippen LogP contribution in [0.3, 0.4) is 0 Å². The molecule has 0 spiro atoms. The van der Waals surface area contributed by atoms with E-state index in [9.17, 15) is 9.18 Å². The number of nitrogens with zero attached hydrogens (tertiary/aromatic N) is 1. The molecule has 104 valence electrons. The molecular formula is C15H21FN2O. The predicted molar refractivity (Wildman–Crippen MR) is 73.7 cm³/mol. The Morgan fingerprint density at radius 3 is 3.05 bits per heavy atom. The van der Waals surface area contributed by atoms with Gasteiger partial charge in [-0.05, 0) is 51.4 Å². The van der Waals surface area contributed by atoms with Gasteiger partial charge in [0.2, 0.25) is 0 Å². The lowest BCUT2D eigenvalue weighted by Crippen LogP contribution is -2.42. The molecule has 1 unspecified atom stereocenters. The van der Waals surface area contributed by atoms with Gasteiger partial charge in [0.1, 0.15) is 5.82 Å². The maximum Gasteiger partial charge on any atom is 0.256 e. The maximum atomic E-state index is 13.8. The minimum atomic E-state index is -0.425. The summed E-state index contributed by atoms with van der Waals surface area (Å²) in [5, 5.41) is 3.15. The molecule has 1 aliphatic rings. The Morgan fingerprint density at radius 2 is 2.32 bits per heavy atom. The molecule has 4 heteroatoms. The number of aryl methyl sites for hydroxylation is 1. The molecule has 1 saturated heterocycles. The highest BCUT2D eigenvalue weighted by Gasteiger charge is 2.25. The van der Waals surface area contributed by atoms with Gasteiger partial charge in [0.25, 0.3) is 5.91 Å². The summed E-state index contributed by atoms with van der Waals surface area (Å²) in [6.45, 7) is 4.22. The molecule has 1 amide bonds. The van der Waals surface area contributed by atoms with E-state index in [4.69, 9.17) is 0 Å². The number of likely N-dealkylation sites (tertiary alicyclic amines) is 1. The first-order valence-corrected chi connectivity index (χ1v) is 6.82. The average Bonchev–Trinajstić information content (AvgIpc) is 2.41.